The van der Waals surface area contributed by atoms with Crippen LogP contribution in [0.1, 0.15) is 53.1 Å². The number of benzene rings is 3. The van der Waals surface area contributed by atoms with Gasteiger partial charge in [-0.15, -0.1) is 0 Å². The first-order valence-corrected chi connectivity index (χ1v) is 12.8. The highest BCUT2D eigenvalue weighted by Gasteiger charge is 2.37. The number of likely N-dealkylation sites (N-methyl/N-ethyl adjacent to an activating group) is 1. The number of alkyl carbamates (subject to hydrolysis) is 1. The summed E-state index contributed by atoms with van der Waals surface area (Å²) in [7, 11) is 0. The van der Waals surface area contributed by atoms with Crippen LogP contribution in [0, 0.1) is 5.92 Å². The van der Waals surface area contributed by atoms with Crippen molar-refractivity contribution >= 4 is 34.4 Å². The van der Waals surface area contributed by atoms with Crippen LogP contribution < -0.4 is 10.6 Å². The highest BCUT2D eigenvalue weighted by atomic mass is 16.6. The molecule has 2 unspecified atom stereocenters. The summed E-state index contributed by atoms with van der Waals surface area (Å²) in [4.78, 5) is 41.6. The standard InChI is InChI=1S/C30H37N3O5/c1-7-33(28(36)25(19(2)3)32-29(37)38-30(4,5)6)26(23-14-10-11-15-24(23)34)27(35)31-22-17-16-20-12-8-9-13-21(20)18-22/h8-19,25-26,34H,7H2,1-6H3,(H,31,35)(H,32,37). The number of hydrogen-bond donors (Lipinski definition) is 3. The number of carbonyl (C=O) groups excluding carboxylic acids is 3. The van der Waals surface area contributed by atoms with Gasteiger partial charge in [-0.05, 0) is 62.6 Å². The van der Waals surface area contributed by atoms with Gasteiger partial charge in [-0.25, -0.2) is 4.79 Å². The number of fused-ring (bicyclic) bond motifs is 1. The summed E-state index contributed by atoms with van der Waals surface area (Å²) in [5.74, 6) is -1.36. The molecule has 2 atom stereocenters. The minimum Gasteiger partial charge on any atom is -0.508 e. The average molecular weight is 520 g/mol. The second-order valence-electron chi connectivity index (χ2n) is 10.5. The van der Waals surface area contributed by atoms with Gasteiger partial charge in [0.05, 0.1) is 0 Å². The summed E-state index contributed by atoms with van der Waals surface area (Å²) in [5, 5.41) is 18.2. The molecule has 8 heteroatoms. The van der Waals surface area contributed by atoms with E-state index in [1.165, 1.54) is 11.0 Å². The quantitative estimate of drug-likeness (QED) is 0.358. The number of anilines is 1. The molecular formula is C30H37N3O5. The van der Waals surface area contributed by atoms with Crippen molar-refractivity contribution in [3.8, 4) is 5.75 Å². The number of rotatable bonds is 8. The molecule has 0 heterocycles. The molecule has 0 aliphatic carbocycles. The lowest BCUT2D eigenvalue weighted by Crippen LogP contribution is -2.54. The summed E-state index contributed by atoms with van der Waals surface area (Å²) >= 11 is 0. The molecular weight excluding hydrogens is 482 g/mol. The van der Waals surface area contributed by atoms with Crippen molar-refractivity contribution < 1.29 is 24.2 Å². The topological polar surface area (TPSA) is 108 Å². The summed E-state index contributed by atoms with van der Waals surface area (Å²) in [5.41, 5.74) is 0.0997. The Kier molecular flexibility index (Phi) is 8.99. The maximum Gasteiger partial charge on any atom is 0.408 e. The Morgan fingerprint density at radius 3 is 2.18 bits per heavy atom. The van der Waals surface area contributed by atoms with Crippen LogP contribution in [0.5, 0.6) is 5.75 Å². The Hall–Kier alpha value is -4.07. The second-order valence-corrected chi connectivity index (χ2v) is 10.5. The van der Waals surface area contributed by atoms with E-state index in [4.69, 9.17) is 4.74 Å². The minimum absolute atomic E-state index is 0.112. The summed E-state index contributed by atoms with van der Waals surface area (Å²) < 4.78 is 5.37. The van der Waals surface area contributed by atoms with Crippen LogP contribution in [0.4, 0.5) is 10.5 Å². The van der Waals surface area contributed by atoms with E-state index in [9.17, 15) is 19.5 Å². The van der Waals surface area contributed by atoms with E-state index >= 15 is 0 Å². The van der Waals surface area contributed by atoms with Crippen LogP contribution in [0.25, 0.3) is 10.8 Å². The largest absolute Gasteiger partial charge is 0.508 e. The van der Waals surface area contributed by atoms with Crippen molar-refractivity contribution in [2.75, 3.05) is 11.9 Å². The predicted octanol–water partition coefficient (Wildman–Crippen LogP) is 5.62. The van der Waals surface area contributed by atoms with Crippen molar-refractivity contribution in [1.82, 2.24) is 10.2 Å². The maximum atomic E-state index is 13.9. The number of nitrogens with one attached hydrogen (secondary N) is 2. The molecule has 0 bridgehead atoms. The van der Waals surface area contributed by atoms with Crippen LogP contribution in [-0.2, 0) is 14.3 Å². The Labute approximate surface area is 224 Å². The van der Waals surface area contributed by atoms with Crippen molar-refractivity contribution in [2.45, 2.75) is 59.2 Å². The highest BCUT2D eigenvalue weighted by molar-refractivity contribution is 6.00. The van der Waals surface area contributed by atoms with Crippen LogP contribution in [0.3, 0.4) is 0 Å². The van der Waals surface area contributed by atoms with Crippen molar-refractivity contribution in [2.24, 2.45) is 5.92 Å². The van der Waals surface area contributed by atoms with Crippen LogP contribution in [-0.4, -0.2) is 46.1 Å². The van der Waals surface area contributed by atoms with Crippen LogP contribution in [0.2, 0.25) is 0 Å². The van der Waals surface area contributed by atoms with Gasteiger partial charge in [-0.1, -0.05) is 62.4 Å². The van der Waals surface area contributed by atoms with E-state index in [-0.39, 0.29) is 23.8 Å². The van der Waals surface area contributed by atoms with Gasteiger partial charge >= 0.3 is 6.09 Å². The van der Waals surface area contributed by atoms with Crippen molar-refractivity contribution in [3.63, 3.8) is 0 Å². The minimum atomic E-state index is -1.15. The number of aromatic hydroxyl groups is 1. The number of nitrogens with zero attached hydrogens (tertiary/aromatic N) is 1. The molecule has 0 aliphatic rings. The molecule has 202 valence electrons. The number of phenols is 1. The average Bonchev–Trinajstić information content (AvgIpc) is 2.84. The molecule has 0 saturated carbocycles. The third-order valence-electron chi connectivity index (χ3n) is 6.04. The molecule has 3 aromatic carbocycles. The molecule has 0 aliphatic heterocycles. The first kappa shape index (κ1) is 28.5. The molecule has 3 aromatic rings. The Morgan fingerprint density at radius 2 is 1.58 bits per heavy atom. The lowest BCUT2D eigenvalue weighted by Gasteiger charge is -2.35. The number of hydrogen-bond acceptors (Lipinski definition) is 5. The summed E-state index contributed by atoms with van der Waals surface area (Å²) in [6.07, 6.45) is -0.722. The lowest BCUT2D eigenvalue weighted by atomic mass is 9.98. The zero-order valence-electron chi connectivity index (χ0n) is 22.8. The fourth-order valence-electron chi connectivity index (χ4n) is 4.24. The summed E-state index contributed by atoms with van der Waals surface area (Å²) in [6.45, 7) is 10.7. The number of amides is 3. The van der Waals surface area contributed by atoms with E-state index in [1.807, 2.05) is 36.4 Å². The molecule has 3 N–H and O–H groups in total. The van der Waals surface area contributed by atoms with Gasteiger partial charge < -0.3 is 25.4 Å². The van der Waals surface area contributed by atoms with Gasteiger partial charge in [-0.2, -0.15) is 0 Å². The molecule has 0 radical (unpaired) electrons. The molecule has 0 aromatic heterocycles. The second kappa shape index (κ2) is 12.0. The fourth-order valence-corrected chi connectivity index (χ4v) is 4.24. The van der Waals surface area contributed by atoms with E-state index in [0.717, 1.165) is 10.8 Å². The van der Waals surface area contributed by atoms with Gasteiger partial charge in [-0.3, -0.25) is 9.59 Å². The van der Waals surface area contributed by atoms with E-state index in [1.54, 1.807) is 65.8 Å². The predicted molar refractivity (Wildman–Crippen MR) is 149 cm³/mol. The van der Waals surface area contributed by atoms with Crippen LogP contribution in [0.15, 0.2) is 66.7 Å². The first-order valence-electron chi connectivity index (χ1n) is 12.8. The zero-order valence-corrected chi connectivity index (χ0v) is 22.8. The van der Waals surface area contributed by atoms with Crippen LogP contribution >= 0.6 is 0 Å². The third kappa shape index (κ3) is 7.03. The molecule has 0 saturated heterocycles. The fraction of sp³-hybridized carbons (Fsp3) is 0.367. The normalized spacial score (nSPS) is 13.0. The van der Waals surface area contributed by atoms with Gasteiger partial charge in [0, 0.05) is 17.8 Å². The summed E-state index contributed by atoms with van der Waals surface area (Å²) in [6, 6.07) is 17.7. The molecule has 0 spiro atoms. The number of para-hydroxylation sites is 1. The number of carbonyl (C=O) groups is 3. The Morgan fingerprint density at radius 1 is 0.947 bits per heavy atom. The van der Waals surface area contributed by atoms with E-state index in [2.05, 4.69) is 10.6 Å². The first-order chi connectivity index (χ1) is 17.9. The van der Waals surface area contributed by atoms with Gasteiger partial charge in [0.25, 0.3) is 5.91 Å². The molecule has 3 amide bonds. The number of phenolic OH excluding ortho intramolecular Hbond substituents is 1. The van der Waals surface area contributed by atoms with E-state index < -0.39 is 35.6 Å². The highest BCUT2D eigenvalue weighted by Crippen LogP contribution is 2.31. The Bertz CT molecular complexity index is 1300. The van der Waals surface area contributed by atoms with Gasteiger partial charge in [0.2, 0.25) is 5.91 Å². The van der Waals surface area contributed by atoms with Gasteiger partial charge in [0.1, 0.15) is 23.4 Å². The zero-order chi connectivity index (χ0) is 28.0. The monoisotopic (exact) mass is 519 g/mol. The molecule has 38 heavy (non-hydrogen) atoms. The molecule has 0 fully saturated rings. The van der Waals surface area contributed by atoms with Gasteiger partial charge in [0.15, 0.2) is 0 Å². The SMILES string of the molecule is CCN(C(=O)C(NC(=O)OC(C)(C)C)C(C)C)C(C(=O)Nc1ccc2ccccc2c1)c1ccccc1O. The van der Waals surface area contributed by atoms with E-state index in [0.29, 0.717) is 5.69 Å². The molecule has 3 rings (SSSR count). The van der Waals surface area contributed by atoms with Crippen molar-refractivity contribution in [3.05, 3.63) is 72.3 Å². The molecule has 8 nitrogen and oxygen atoms in total. The maximum absolute atomic E-state index is 13.9. The number of ether oxygens (including phenoxy) is 1. The third-order valence-corrected chi connectivity index (χ3v) is 6.04. The lowest BCUT2D eigenvalue weighted by molar-refractivity contribution is -0.141. The Balaban J connectivity index is 1.97. The smallest absolute Gasteiger partial charge is 0.408 e. The van der Waals surface area contributed by atoms with Crippen molar-refractivity contribution in [1.29, 1.82) is 0 Å².